The van der Waals surface area contributed by atoms with Crippen LogP contribution in [0.25, 0.3) is 0 Å². The molecular formula is C13H15F3O3S. The molecule has 0 aliphatic heterocycles. The fourth-order valence-electron chi connectivity index (χ4n) is 2.21. The lowest BCUT2D eigenvalue weighted by atomic mass is 9.98. The van der Waals surface area contributed by atoms with Gasteiger partial charge in [0, 0.05) is 0 Å². The minimum atomic E-state index is -4.48. The Hall–Kier alpha value is -1.08. The van der Waals surface area contributed by atoms with Crippen LogP contribution in [0.3, 0.4) is 0 Å². The summed E-state index contributed by atoms with van der Waals surface area (Å²) in [7, 11) is -3.99. The third kappa shape index (κ3) is 3.73. The smallest absolute Gasteiger partial charge is 0.263 e. The Labute approximate surface area is 115 Å². The Balaban J connectivity index is 2.13. The Kier molecular flexibility index (Phi) is 4.39. The first-order chi connectivity index (χ1) is 9.29. The second-order valence-electron chi connectivity index (χ2n) is 4.83. The summed E-state index contributed by atoms with van der Waals surface area (Å²) in [5, 5.41) is 0. The molecule has 112 valence electrons. The molecule has 0 N–H and O–H groups in total. The molecule has 1 aromatic carbocycles. The highest BCUT2D eigenvalue weighted by Gasteiger charge is 2.31. The number of alkyl halides is 3. The number of hydrogen-bond donors (Lipinski definition) is 0. The van der Waals surface area contributed by atoms with E-state index in [4.69, 9.17) is 4.18 Å². The van der Waals surface area contributed by atoms with Gasteiger partial charge in [0.2, 0.25) is 0 Å². The molecule has 1 aliphatic rings. The molecule has 0 heterocycles. The van der Waals surface area contributed by atoms with E-state index < -0.39 is 21.9 Å². The standard InChI is InChI=1S/C13H15F3O3S/c14-13(15,16)10-6-8-12(9-7-10)20(17,18)19-11-4-2-1-3-5-11/h6-9,11H,1-5H2. The highest BCUT2D eigenvalue weighted by Crippen LogP contribution is 2.30. The van der Waals surface area contributed by atoms with Crippen molar-refractivity contribution in [1.82, 2.24) is 0 Å². The van der Waals surface area contributed by atoms with Crippen LogP contribution in [0.5, 0.6) is 0 Å². The second-order valence-corrected chi connectivity index (χ2v) is 6.40. The predicted molar refractivity (Wildman–Crippen MR) is 66.6 cm³/mol. The Morgan fingerprint density at radius 3 is 2.05 bits per heavy atom. The van der Waals surface area contributed by atoms with Crippen molar-refractivity contribution in [3.8, 4) is 0 Å². The maximum atomic E-state index is 12.4. The summed E-state index contributed by atoms with van der Waals surface area (Å²) in [6, 6.07) is 3.36. The van der Waals surface area contributed by atoms with Crippen LogP contribution in [-0.2, 0) is 20.5 Å². The highest BCUT2D eigenvalue weighted by atomic mass is 32.2. The van der Waals surface area contributed by atoms with Crippen molar-refractivity contribution in [3.05, 3.63) is 29.8 Å². The van der Waals surface area contributed by atoms with Crippen molar-refractivity contribution in [1.29, 1.82) is 0 Å². The summed E-state index contributed by atoms with van der Waals surface area (Å²) < 4.78 is 66.2. The number of hydrogen-bond acceptors (Lipinski definition) is 3. The van der Waals surface area contributed by atoms with E-state index in [1.165, 1.54) is 0 Å². The van der Waals surface area contributed by atoms with Gasteiger partial charge < -0.3 is 0 Å². The van der Waals surface area contributed by atoms with E-state index in [0.29, 0.717) is 12.8 Å². The Morgan fingerprint density at radius 1 is 1.00 bits per heavy atom. The lowest BCUT2D eigenvalue weighted by Crippen LogP contribution is -2.21. The lowest BCUT2D eigenvalue weighted by Gasteiger charge is -2.21. The van der Waals surface area contributed by atoms with Gasteiger partial charge in [-0.05, 0) is 37.1 Å². The van der Waals surface area contributed by atoms with Gasteiger partial charge in [-0.2, -0.15) is 21.6 Å². The van der Waals surface area contributed by atoms with E-state index in [2.05, 4.69) is 0 Å². The van der Waals surface area contributed by atoms with Crippen molar-refractivity contribution >= 4 is 10.1 Å². The van der Waals surface area contributed by atoms with Crippen LogP contribution in [0.1, 0.15) is 37.7 Å². The number of rotatable bonds is 3. The van der Waals surface area contributed by atoms with Crippen LogP contribution in [0.15, 0.2) is 29.2 Å². The zero-order valence-electron chi connectivity index (χ0n) is 10.7. The van der Waals surface area contributed by atoms with E-state index >= 15 is 0 Å². The number of halogens is 3. The van der Waals surface area contributed by atoms with Gasteiger partial charge >= 0.3 is 6.18 Å². The fourth-order valence-corrected chi connectivity index (χ4v) is 3.34. The second kappa shape index (κ2) is 5.73. The Morgan fingerprint density at radius 2 is 1.55 bits per heavy atom. The van der Waals surface area contributed by atoms with Crippen LogP contribution in [0, 0.1) is 0 Å². The molecule has 0 aromatic heterocycles. The third-order valence-electron chi connectivity index (χ3n) is 3.29. The number of benzene rings is 1. The quantitative estimate of drug-likeness (QED) is 0.799. The molecule has 1 fully saturated rings. The molecule has 0 bridgehead atoms. The first-order valence-electron chi connectivity index (χ1n) is 6.39. The summed E-state index contributed by atoms with van der Waals surface area (Å²) in [6.07, 6.45) is -0.636. The van der Waals surface area contributed by atoms with Crippen molar-refractivity contribution < 1.29 is 25.8 Å². The summed E-state index contributed by atoms with van der Waals surface area (Å²) in [5.41, 5.74) is -0.880. The van der Waals surface area contributed by atoms with E-state index in [1.54, 1.807) is 0 Å². The largest absolute Gasteiger partial charge is 0.416 e. The molecule has 0 atom stereocenters. The Bertz CT molecular complexity index is 543. The molecule has 1 aliphatic carbocycles. The normalized spacial score (nSPS) is 18.1. The van der Waals surface area contributed by atoms with E-state index in [1.807, 2.05) is 0 Å². The fraction of sp³-hybridized carbons (Fsp3) is 0.538. The van der Waals surface area contributed by atoms with Crippen molar-refractivity contribution in [2.24, 2.45) is 0 Å². The molecule has 20 heavy (non-hydrogen) atoms. The van der Waals surface area contributed by atoms with Gasteiger partial charge in [-0.25, -0.2) is 0 Å². The van der Waals surface area contributed by atoms with Gasteiger partial charge in [0.25, 0.3) is 10.1 Å². The third-order valence-corrected chi connectivity index (χ3v) is 4.66. The average Bonchev–Trinajstić information content (AvgIpc) is 2.38. The molecule has 0 amide bonds. The first kappa shape index (κ1) is 15.3. The highest BCUT2D eigenvalue weighted by molar-refractivity contribution is 7.86. The molecule has 0 radical (unpaired) electrons. The minimum Gasteiger partial charge on any atom is -0.263 e. The van der Waals surface area contributed by atoms with E-state index in [9.17, 15) is 21.6 Å². The maximum Gasteiger partial charge on any atom is 0.416 e. The molecule has 1 aromatic rings. The molecule has 2 rings (SSSR count). The average molecular weight is 308 g/mol. The molecular weight excluding hydrogens is 293 g/mol. The zero-order valence-corrected chi connectivity index (χ0v) is 11.5. The van der Waals surface area contributed by atoms with Gasteiger partial charge in [-0.15, -0.1) is 0 Å². The predicted octanol–water partition coefficient (Wildman–Crippen LogP) is 3.74. The summed E-state index contributed by atoms with van der Waals surface area (Å²) in [4.78, 5) is -0.240. The molecule has 7 heteroatoms. The van der Waals surface area contributed by atoms with Crippen LogP contribution in [0.4, 0.5) is 13.2 Å². The molecule has 0 spiro atoms. The SMILES string of the molecule is O=S(=O)(OC1CCCCC1)c1ccc(C(F)(F)F)cc1. The van der Waals surface area contributed by atoms with Gasteiger partial charge in [-0.1, -0.05) is 19.3 Å². The zero-order chi connectivity index (χ0) is 14.8. The van der Waals surface area contributed by atoms with Gasteiger partial charge in [0.15, 0.2) is 0 Å². The molecule has 0 unspecified atom stereocenters. The van der Waals surface area contributed by atoms with E-state index in [-0.39, 0.29) is 11.0 Å². The topological polar surface area (TPSA) is 43.4 Å². The van der Waals surface area contributed by atoms with Gasteiger partial charge in [0.05, 0.1) is 16.6 Å². The summed E-state index contributed by atoms with van der Waals surface area (Å²) >= 11 is 0. The van der Waals surface area contributed by atoms with Crippen molar-refractivity contribution in [2.45, 2.75) is 49.3 Å². The monoisotopic (exact) mass is 308 g/mol. The molecule has 0 saturated heterocycles. The minimum absolute atomic E-state index is 0.240. The van der Waals surface area contributed by atoms with Gasteiger partial charge in [-0.3, -0.25) is 4.18 Å². The summed E-state index contributed by atoms with van der Waals surface area (Å²) in [6.45, 7) is 0. The van der Waals surface area contributed by atoms with Crippen molar-refractivity contribution in [3.63, 3.8) is 0 Å². The maximum absolute atomic E-state index is 12.4. The first-order valence-corrected chi connectivity index (χ1v) is 7.80. The van der Waals surface area contributed by atoms with Crippen LogP contribution < -0.4 is 0 Å². The van der Waals surface area contributed by atoms with E-state index in [0.717, 1.165) is 43.5 Å². The molecule has 1 saturated carbocycles. The van der Waals surface area contributed by atoms with Crippen LogP contribution in [0.2, 0.25) is 0 Å². The van der Waals surface area contributed by atoms with Crippen LogP contribution in [-0.4, -0.2) is 14.5 Å². The molecule has 3 nitrogen and oxygen atoms in total. The van der Waals surface area contributed by atoms with Crippen molar-refractivity contribution in [2.75, 3.05) is 0 Å². The van der Waals surface area contributed by atoms with Gasteiger partial charge in [0.1, 0.15) is 0 Å². The van der Waals surface area contributed by atoms with Crippen LogP contribution >= 0.6 is 0 Å². The lowest BCUT2D eigenvalue weighted by molar-refractivity contribution is -0.137. The summed E-state index contributed by atoms with van der Waals surface area (Å²) in [5.74, 6) is 0.